The third kappa shape index (κ3) is 6.37. The van der Waals surface area contributed by atoms with Crippen LogP contribution < -0.4 is 14.9 Å². The van der Waals surface area contributed by atoms with Crippen LogP contribution in [-0.4, -0.2) is 41.0 Å². The molecule has 0 fully saturated rings. The molecule has 2 aromatic carbocycles. The Kier molecular flexibility index (Phi) is 7.99. The van der Waals surface area contributed by atoms with Gasteiger partial charge in [0.25, 0.3) is 5.91 Å². The van der Waals surface area contributed by atoms with Crippen molar-refractivity contribution in [3.8, 4) is 6.07 Å². The molecule has 0 aliphatic carbocycles. The largest absolute Gasteiger partial charge is 0.375 e. The van der Waals surface area contributed by atoms with Gasteiger partial charge >= 0.3 is 0 Å². The molecule has 0 atom stereocenters. The number of nitrogens with one attached hydrogen (secondary N) is 2. The van der Waals surface area contributed by atoms with Gasteiger partial charge in [0.2, 0.25) is 10.0 Å². The van der Waals surface area contributed by atoms with Crippen LogP contribution >= 0.6 is 0 Å². The number of carbonyl (C=O) groups excluding carboxylic acids is 1. The topological polar surface area (TPSA) is 102 Å². The van der Waals surface area contributed by atoms with Crippen LogP contribution in [0.1, 0.15) is 23.2 Å². The number of hydrogen-bond donors (Lipinski definition) is 2. The number of amides is 1. The molecule has 0 unspecified atom stereocenters. The van der Waals surface area contributed by atoms with E-state index in [0.29, 0.717) is 12.1 Å². The fraction of sp³-hybridized carbons (Fsp3) is 0.300. The molecular weight excluding hydrogens is 376 g/mol. The monoisotopic (exact) mass is 400 g/mol. The molecule has 0 radical (unpaired) electrons. The van der Waals surface area contributed by atoms with E-state index in [4.69, 9.17) is 5.26 Å². The summed E-state index contributed by atoms with van der Waals surface area (Å²) in [6.07, 6.45) is 0.881. The average Bonchev–Trinajstić information content (AvgIpc) is 2.71. The average molecular weight is 401 g/mol. The van der Waals surface area contributed by atoms with Gasteiger partial charge < -0.3 is 10.2 Å². The van der Waals surface area contributed by atoms with Gasteiger partial charge in [0.15, 0.2) is 0 Å². The maximum Gasteiger partial charge on any atom is 0.251 e. The summed E-state index contributed by atoms with van der Waals surface area (Å²) in [6, 6.07) is 17.6. The normalized spacial score (nSPS) is 10.9. The summed E-state index contributed by atoms with van der Waals surface area (Å²) in [5.74, 6) is -0.247. The number of nitriles is 1. The van der Waals surface area contributed by atoms with Crippen LogP contribution in [0.15, 0.2) is 59.5 Å². The summed E-state index contributed by atoms with van der Waals surface area (Å²) >= 11 is 0. The first-order valence-corrected chi connectivity index (χ1v) is 10.4. The molecule has 7 nitrogen and oxygen atoms in total. The van der Waals surface area contributed by atoms with Crippen molar-refractivity contribution in [3.63, 3.8) is 0 Å². The molecule has 28 heavy (non-hydrogen) atoms. The van der Waals surface area contributed by atoms with Gasteiger partial charge in [-0.2, -0.15) is 5.26 Å². The van der Waals surface area contributed by atoms with Crippen LogP contribution in [0.25, 0.3) is 0 Å². The van der Waals surface area contributed by atoms with Crippen LogP contribution in [0.2, 0.25) is 0 Å². The summed E-state index contributed by atoms with van der Waals surface area (Å²) in [7, 11) is -1.67. The number of carbonyl (C=O) groups is 1. The highest BCUT2D eigenvalue weighted by Crippen LogP contribution is 2.12. The second-order valence-electron chi connectivity index (χ2n) is 6.20. The summed E-state index contributed by atoms with van der Waals surface area (Å²) in [5.41, 5.74) is 1.52. The van der Waals surface area contributed by atoms with Crippen molar-refractivity contribution in [2.24, 2.45) is 0 Å². The number of para-hydroxylation sites is 1. The molecule has 148 valence electrons. The molecule has 0 saturated carbocycles. The lowest BCUT2D eigenvalue weighted by atomic mass is 10.2. The van der Waals surface area contributed by atoms with Crippen molar-refractivity contribution in [2.75, 3.05) is 31.6 Å². The van der Waals surface area contributed by atoms with E-state index < -0.39 is 10.0 Å². The Morgan fingerprint density at radius 1 is 1.07 bits per heavy atom. The molecule has 0 aromatic heterocycles. The lowest BCUT2D eigenvalue weighted by Gasteiger charge is -2.19. The molecule has 0 bridgehead atoms. The van der Waals surface area contributed by atoms with Gasteiger partial charge in [0, 0.05) is 44.4 Å². The molecule has 0 saturated heterocycles. The van der Waals surface area contributed by atoms with Gasteiger partial charge in [0.05, 0.1) is 11.0 Å². The minimum Gasteiger partial charge on any atom is -0.375 e. The fourth-order valence-corrected chi connectivity index (χ4v) is 3.57. The van der Waals surface area contributed by atoms with Crippen LogP contribution in [0.3, 0.4) is 0 Å². The predicted molar refractivity (Wildman–Crippen MR) is 109 cm³/mol. The third-order valence-electron chi connectivity index (χ3n) is 4.11. The Morgan fingerprint density at radius 3 is 2.39 bits per heavy atom. The number of nitrogens with zero attached hydrogens (tertiary/aromatic N) is 2. The van der Waals surface area contributed by atoms with Crippen molar-refractivity contribution < 1.29 is 13.2 Å². The summed E-state index contributed by atoms with van der Waals surface area (Å²) in [5, 5.41) is 11.3. The summed E-state index contributed by atoms with van der Waals surface area (Å²) in [6.45, 7) is 1.38. The Morgan fingerprint density at radius 2 is 1.75 bits per heavy atom. The van der Waals surface area contributed by atoms with Crippen LogP contribution in [-0.2, 0) is 10.0 Å². The van der Waals surface area contributed by atoms with E-state index in [9.17, 15) is 13.2 Å². The van der Waals surface area contributed by atoms with Crippen molar-refractivity contribution in [3.05, 3.63) is 60.2 Å². The minimum atomic E-state index is -3.67. The van der Waals surface area contributed by atoms with Crippen LogP contribution in [0.5, 0.6) is 0 Å². The first kappa shape index (κ1) is 21.4. The number of rotatable bonds is 10. The van der Waals surface area contributed by atoms with Crippen molar-refractivity contribution in [2.45, 2.75) is 17.7 Å². The first-order valence-electron chi connectivity index (χ1n) is 8.95. The number of anilines is 1. The second-order valence-corrected chi connectivity index (χ2v) is 7.96. The number of sulfonamides is 1. The van der Waals surface area contributed by atoms with E-state index in [1.807, 2.05) is 43.4 Å². The quantitative estimate of drug-likeness (QED) is 0.595. The highest BCUT2D eigenvalue weighted by molar-refractivity contribution is 7.89. The van der Waals surface area contributed by atoms with Crippen LogP contribution in [0.4, 0.5) is 5.69 Å². The van der Waals surface area contributed by atoms with Gasteiger partial charge in [-0.25, -0.2) is 13.1 Å². The molecule has 2 N–H and O–H groups in total. The predicted octanol–water partition coefficient (Wildman–Crippen LogP) is 2.13. The number of benzene rings is 2. The fourth-order valence-electron chi connectivity index (χ4n) is 2.54. The Labute approximate surface area is 166 Å². The first-order chi connectivity index (χ1) is 13.4. The minimum absolute atomic E-state index is 0.0541. The lowest BCUT2D eigenvalue weighted by Crippen LogP contribution is -2.28. The smallest absolute Gasteiger partial charge is 0.251 e. The molecule has 8 heteroatoms. The highest BCUT2D eigenvalue weighted by Gasteiger charge is 2.14. The zero-order valence-corrected chi connectivity index (χ0v) is 16.6. The molecule has 2 aromatic rings. The van der Waals surface area contributed by atoms with Gasteiger partial charge in [-0.3, -0.25) is 4.79 Å². The Bertz CT molecular complexity index is 907. The molecule has 1 amide bonds. The Balaban J connectivity index is 1.80. The van der Waals surface area contributed by atoms with Gasteiger partial charge in [-0.05, 0) is 42.8 Å². The molecule has 2 rings (SSSR count). The van der Waals surface area contributed by atoms with Gasteiger partial charge in [0.1, 0.15) is 0 Å². The zero-order valence-electron chi connectivity index (χ0n) is 15.8. The number of hydrogen-bond acceptors (Lipinski definition) is 5. The van der Waals surface area contributed by atoms with Crippen molar-refractivity contribution >= 4 is 21.6 Å². The molecule has 0 heterocycles. The second kappa shape index (κ2) is 10.4. The summed E-state index contributed by atoms with van der Waals surface area (Å²) < 4.78 is 26.4. The van der Waals surface area contributed by atoms with Gasteiger partial charge in [-0.15, -0.1) is 0 Å². The standard InChI is InChI=1S/C20H24N4O3S/c1-24(18-7-3-2-4-8-18)16-6-14-22-20(25)17-9-11-19(12-10-17)28(26,27)23-15-5-13-21/h2-4,7-12,23H,5-6,14-16H2,1H3,(H,22,25). The van der Waals surface area contributed by atoms with E-state index >= 15 is 0 Å². The lowest BCUT2D eigenvalue weighted by molar-refractivity contribution is 0.0953. The van der Waals surface area contributed by atoms with Crippen molar-refractivity contribution in [1.29, 1.82) is 5.26 Å². The van der Waals surface area contributed by atoms with Crippen molar-refractivity contribution in [1.82, 2.24) is 10.0 Å². The summed E-state index contributed by atoms with van der Waals surface area (Å²) in [4.78, 5) is 14.4. The maximum atomic E-state index is 12.2. The zero-order chi connectivity index (χ0) is 20.4. The van der Waals surface area contributed by atoms with E-state index in [2.05, 4.69) is 14.9 Å². The SMILES string of the molecule is CN(CCCNC(=O)c1ccc(S(=O)(=O)NCCC#N)cc1)c1ccccc1. The maximum absolute atomic E-state index is 12.2. The van der Waals surface area contributed by atoms with E-state index in [1.54, 1.807) is 0 Å². The molecule has 0 aliphatic rings. The molecular formula is C20H24N4O3S. The highest BCUT2D eigenvalue weighted by atomic mass is 32.2. The van der Waals surface area contributed by atoms with Crippen LogP contribution in [0, 0.1) is 11.3 Å². The Hall–Kier alpha value is -2.89. The van der Waals surface area contributed by atoms with E-state index in [1.165, 1.54) is 24.3 Å². The molecule has 0 aliphatic heterocycles. The molecule has 0 spiro atoms. The third-order valence-corrected chi connectivity index (χ3v) is 5.59. The van der Waals surface area contributed by atoms with E-state index in [-0.39, 0.29) is 23.8 Å². The van der Waals surface area contributed by atoms with Gasteiger partial charge in [-0.1, -0.05) is 18.2 Å². The van der Waals surface area contributed by atoms with E-state index in [0.717, 1.165) is 18.7 Å².